The van der Waals surface area contributed by atoms with E-state index >= 15 is 0 Å². The van der Waals surface area contributed by atoms with Gasteiger partial charge in [-0.15, -0.1) is 0 Å². The molecule has 0 aliphatic carbocycles. The summed E-state index contributed by atoms with van der Waals surface area (Å²) < 4.78 is 52.5. The van der Waals surface area contributed by atoms with Crippen LogP contribution in [0.15, 0.2) is 72.8 Å². The summed E-state index contributed by atoms with van der Waals surface area (Å²) in [6.07, 6.45) is 0.199. The number of ether oxygens (including phenoxy) is 2. The maximum atomic E-state index is 14.1. The van der Waals surface area contributed by atoms with Gasteiger partial charge >= 0.3 is 0 Å². The van der Waals surface area contributed by atoms with E-state index in [-0.39, 0.29) is 30.3 Å². The van der Waals surface area contributed by atoms with Gasteiger partial charge in [-0.3, -0.25) is 13.9 Å². The highest BCUT2D eigenvalue weighted by Crippen LogP contribution is 2.35. The number of carbonyl (C=O) groups is 2. The lowest BCUT2D eigenvalue weighted by atomic mass is 10.0. The SMILES string of the molecule is CCNC(=O)[C@@H](Cc1ccccc1)N(Cc1ccc(F)cc1)C(=O)CN(c1ccc2c(c1)OCCO2)S(=O)(=O)CC. The van der Waals surface area contributed by atoms with Gasteiger partial charge < -0.3 is 19.7 Å². The third-order valence-electron chi connectivity index (χ3n) is 6.68. The van der Waals surface area contributed by atoms with Gasteiger partial charge in [-0.1, -0.05) is 42.5 Å². The number of hydrogen-bond donors (Lipinski definition) is 1. The molecule has 0 aromatic heterocycles. The monoisotopic (exact) mass is 583 g/mol. The summed E-state index contributed by atoms with van der Waals surface area (Å²) in [5.41, 5.74) is 1.65. The number of halogens is 1. The van der Waals surface area contributed by atoms with E-state index in [1.54, 1.807) is 19.1 Å². The Kier molecular flexibility index (Phi) is 9.82. The lowest BCUT2D eigenvalue weighted by Crippen LogP contribution is -2.53. The normalized spacial score (nSPS) is 13.2. The lowest BCUT2D eigenvalue weighted by molar-refractivity contribution is -0.140. The molecule has 0 fully saturated rings. The van der Waals surface area contributed by atoms with E-state index in [2.05, 4.69) is 5.32 Å². The number of anilines is 1. The largest absolute Gasteiger partial charge is 0.486 e. The molecule has 3 aromatic carbocycles. The number of nitrogens with one attached hydrogen (secondary N) is 1. The van der Waals surface area contributed by atoms with Crippen molar-refractivity contribution in [2.45, 2.75) is 32.9 Å². The van der Waals surface area contributed by atoms with Crippen molar-refractivity contribution in [1.82, 2.24) is 10.2 Å². The number of amides is 2. The Balaban J connectivity index is 1.73. The topological polar surface area (TPSA) is 105 Å². The standard InChI is InChI=1S/C30H34FN3O6S/c1-3-32-30(36)26(18-22-8-6-5-7-9-22)33(20-23-10-12-24(31)13-11-23)29(35)21-34(41(37,38)4-2)25-14-15-27-28(19-25)40-17-16-39-27/h5-15,19,26H,3-4,16-18,20-21H2,1-2H3,(H,32,36)/t26-/m1/s1. The van der Waals surface area contributed by atoms with Gasteiger partial charge in [-0.25, -0.2) is 12.8 Å². The van der Waals surface area contributed by atoms with Crippen LogP contribution in [0.4, 0.5) is 10.1 Å². The van der Waals surface area contributed by atoms with Crippen LogP contribution in [0.3, 0.4) is 0 Å². The Morgan fingerprint density at radius 1 is 0.927 bits per heavy atom. The molecule has 4 rings (SSSR count). The average Bonchev–Trinajstić information content (AvgIpc) is 2.98. The number of fused-ring (bicyclic) bond motifs is 1. The molecule has 218 valence electrons. The van der Waals surface area contributed by atoms with Crippen molar-refractivity contribution in [3.8, 4) is 11.5 Å². The summed E-state index contributed by atoms with van der Waals surface area (Å²) in [5.74, 6) is -0.794. The Morgan fingerprint density at radius 2 is 1.61 bits per heavy atom. The number of rotatable bonds is 12. The quantitative estimate of drug-likeness (QED) is 0.350. The zero-order valence-electron chi connectivity index (χ0n) is 23.1. The fourth-order valence-electron chi connectivity index (χ4n) is 4.54. The number of nitrogens with zero attached hydrogens (tertiary/aromatic N) is 2. The van der Waals surface area contributed by atoms with Crippen molar-refractivity contribution in [1.29, 1.82) is 0 Å². The van der Waals surface area contributed by atoms with E-state index in [1.807, 2.05) is 30.3 Å². The molecule has 11 heteroatoms. The minimum absolute atomic E-state index is 0.0328. The molecule has 1 aliphatic heterocycles. The minimum atomic E-state index is -3.92. The number of benzene rings is 3. The van der Waals surface area contributed by atoms with E-state index < -0.39 is 34.3 Å². The van der Waals surface area contributed by atoms with Gasteiger partial charge in [0.05, 0.1) is 11.4 Å². The fraction of sp³-hybridized carbons (Fsp3) is 0.333. The van der Waals surface area contributed by atoms with Crippen LogP contribution < -0.4 is 19.1 Å². The molecular formula is C30H34FN3O6S. The summed E-state index contributed by atoms with van der Waals surface area (Å²) in [5, 5.41) is 2.80. The molecule has 0 bridgehead atoms. The highest BCUT2D eigenvalue weighted by atomic mass is 32.2. The van der Waals surface area contributed by atoms with E-state index in [4.69, 9.17) is 9.47 Å². The predicted molar refractivity (Wildman–Crippen MR) is 154 cm³/mol. The molecule has 1 aliphatic rings. The second kappa shape index (κ2) is 13.5. The Bertz CT molecular complexity index is 1450. The second-order valence-corrected chi connectivity index (χ2v) is 11.7. The molecule has 0 radical (unpaired) electrons. The first-order chi connectivity index (χ1) is 19.7. The Hall–Kier alpha value is -4.12. The highest BCUT2D eigenvalue weighted by molar-refractivity contribution is 7.92. The van der Waals surface area contributed by atoms with E-state index in [0.29, 0.717) is 36.8 Å². The molecule has 9 nitrogen and oxygen atoms in total. The fourth-order valence-corrected chi connectivity index (χ4v) is 5.59. The summed E-state index contributed by atoms with van der Waals surface area (Å²) in [7, 11) is -3.92. The minimum Gasteiger partial charge on any atom is -0.486 e. The summed E-state index contributed by atoms with van der Waals surface area (Å²) in [6, 6.07) is 18.6. The second-order valence-electron chi connectivity index (χ2n) is 9.48. The van der Waals surface area contributed by atoms with E-state index in [9.17, 15) is 22.4 Å². The maximum absolute atomic E-state index is 14.1. The molecule has 3 aromatic rings. The molecule has 0 unspecified atom stereocenters. The molecule has 0 saturated carbocycles. The third-order valence-corrected chi connectivity index (χ3v) is 8.42. The van der Waals surface area contributed by atoms with Crippen molar-refractivity contribution < 1.29 is 31.9 Å². The van der Waals surface area contributed by atoms with Crippen molar-refractivity contribution in [2.24, 2.45) is 0 Å². The number of likely N-dealkylation sites (N-methyl/N-ethyl adjacent to an activating group) is 1. The van der Waals surface area contributed by atoms with Crippen molar-refractivity contribution in [2.75, 3.05) is 36.4 Å². The first-order valence-corrected chi connectivity index (χ1v) is 15.1. The van der Waals surface area contributed by atoms with Gasteiger partial charge in [0.2, 0.25) is 21.8 Å². The lowest BCUT2D eigenvalue weighted by Gasteiger charge is -2.34. The van der Waals surface area contributed by atoms with E-state index in [1.165, 1.54) is 42.2 Å². The van der Waals surface area contributed by atoms with Crippen LogP contribution in [0.1, 0.15) is 25.0 Å². The van der Waals surface area contributed by atoms with Gasteiger partial charge in [-0.05, 0) is 49.2 Å². The van der Waals surface area contributed by atoms with Crippen LogP contribution in [-0.4, -0.2) is 63.2 Å². The number of sulfonamides is 1. The zero-order valence-corrected chi connectivity index (χ0v) is 23.9. The molecule has 1 N–H and O–H groups in total. The van der Waals surface area contributed by atoms with Crippen LogP contribution in [0.25, 0.3) is 0 Å². The van der Waals surface area contributed by atoms with Crippen LogP contribution in [0.2, 0.25) is 0 Å². The van der Waals surface area contributed by atoms with Crippen LogP contribution in [0, 0.1) is 5.82 Å². The Morgan fingerprint density at radius 3 is 2.27 bits per heavy atom. The number of carbonyl (C=O) groups excluding carboxylic acids is 2. The molecule has 41 heavy (non-hydrogen) atoms. The van der Waals surface area contributed by atoms with Gasteiger partial charge in [-0.2, -0.15) is 0 Å². The summed E-state index contributed by atoms with van der Waals surface area (Å²) in [4.78, 5) is 28.8. The molecular weight excluding hydrogens is 549 g/mol. The van der Waals surface area contributed by atoms with Crippen molar-refractivity contribution >= 4 is 27.5 Å². The third kappa shape index (κ3) is 7.55. The number of hydrogen-bond acceptors (Lipinski definition) is 6. The molecule has 0 spiro atoms. The Labute approximate surface area is 239 Å². The smallest absolute Gasteiger partial charge is 0.244 e. The molecule has 1 heterocycles. The predicted octanol–water partition coefficient (Wildman–Crippen LogP) is 3.53. The zero-order chi connectivity index (χ0) is 29.4. The van der Waals surface area contributed by atoms with Crippen molar-refractivity contribution in [3.05, 3.63) is 89.7 Å². The first kappa shape index (κ1) is 29.9. The van der Waals surface area contributed by atoms with Gasteiger partial charge in [0.15, 0.2) is 11.5 Å². The van der Waals surface area contributed by atoms with Gasteiger partial charge in [0.25, 0.3) is 0 Å². The highest BCUT2D eigenvalue weighted by Gasteiger charge is 2.33. The summed E-state index contributed by atoms with van der Waals surface area (Å²) in [6.45, 7) is 3.72. The molecule has 1 atom stereocenters. The average molecular weight is 584 g/mol. The summed E-state index contributed by atoms with van der Waals surface area (Å²) >= 11 is 0. The van der Waals surface area contributed by atoms with Crippen LogP contribution >= 0.6 is 0 Å². The first-order valence-electron chi connectivity index (χ1n) is 13.5. The van der Waals surface area contributed by atoms with Crippen LogP contribution in [-0.2, 0) is 32.6 Å². The van der Waals surface area contributed by atoms with Gasteiger partial charge in [0.1, 0.15) is 31.6 Å². The molecule has 0 saturated heterocycles. The van der Waals surface area contributed by atoms with Gasteiger partial charge in [0, 0.05) is 25.6 Å². The maximum Gasteiger partial charge on any atom is 0.244 e. The van der Waals surface area contributed by atoms with E-state index in [0.717, 1.165) is 9.87 Å². The van der Waals surface area contributed by atoms with Crippen LogP contribution in [0.5, 0.6) is 11.5 Å². The molecule has 2 amide bonds. The van der Waals surface area contributed by atoms with Crippen molar-refractivity contribution in [3.63, 3.8) is 0 Å².